The van der Waals surface area contributed by atoms with Crippen molar-refractivity contribution in [1.29, 1.82) is 0 Å². The number of fused-ring (bicyclic) bond motifs is 1. The maximum Gasteiger partial charge on any atom is 0.349 e. The van der Waals surface area contributed by atoms with E-state index in [0.717, 1.165) is 18.8 Å². The number of hydrogen-bond donors (Lipinski definition) is 1. The molecule has 1 N–H and O–H groups in total. The van der Waals surface area contributed by atoms with E-state index in [2.05, 4.69) is 10.2 Å². The molecule has 28 heavy (non-hydrogen) atoms. The van der Waals surface area contributed by atoms with E-state index in [1.165, 1.54) is 13.2 Å². The van der Waals surface area contributed by atoms with Crippen LogP contribution in [0, 0.1) is 0 Å². The van der Waals surface area contributed by atoms with E-state index in [1.54, 1.807) is 24.3 Å². The van der Waals surface area contributed by atoms with Gasteiger partial charge in [0.05, 0.1) is 20.3 Å². The quantitative estimate of drug-likeness (QED) is 0.701. The van der Waals surface area contributed by atoms with Gasteiger partial charge >= 0.3 is 5.63 Å². The Morgan fingerprint density at radius 1 is 1.11 bits per heavy atom. The zero-order chi connectivity index (χ0) is 19.5. The van der Waals surface area contributed by atoms with E-state index >= 15 is 0 Å². The number of amides is 1. The van der Waals surface area contributed by atoms with Crippen LogP contribution in [0.3, 0.4) is 0 Å². The number of methoxy groups -OCH3 is 1. The molecule has 0 unspecified atom stereocenters. The van der Waals surface area contributed by atoms with Crippen LogP contribution < -0.4 is 20.6 Å². The summed E-state index contributed by atoms with van der Waals surface area (Å²) in [7, 11) is 1.50. The van der Waals surface area contributed by atoms with Gasteiger partial charge in [-0.1, -0.05) is 18.2 Å². The SMILES string of the molecule is COc1cccc2cc(C(=O)Nc3cccc(N4CCOCC4)c3)c(=O)oc12. The lowest BCUT2D eigenvalue weighted by atomic mass is 10.1. The summed E-state index contributed by atoms with van der Waals surface area (Å²) in [6.45, 7) is 2.96. The van der Waals surface area contributed by atoms with Gasteiger partial charge in [-0.2, -0.15) is 0 Å². The Kier molecular flexibility index (Phi) is 4.99. The number of ether oxygens (including phenoxy) is 2. The second-order valence-electron chi connectivity index (χ2n) is 6.43. The summed E-state index contributed by atoms with van der Waals surface area (Å²) in [6.07, 6.45) is 0. The summed E-state index contributed by atoms with van der Waals surface area (Å²) in [5.41, 5.74) is 1.16. The van der Waals surface area contributed by atoms with E-state index < -0.39 is 11.5 Å². The number of rotatable bonds is 4. The number of para-hydroxylation sites is 1. The van der Waals surface area contributed by atoms with Gasteiger partial charge in [0.15, 0.2) is 11.3 Å². The highest BCUT2D eigenvalue weighted by molar-refractivity contribution is 6.05. The number of nitrogens with one attached hydrogen (secondary N) is 1. The fourth-order valence-corrected chi connectivity index (χ4v) is 3.24. The van der Waals surface area contributed by atoms with E-state index in [0.29, 0.717) is 35.6 Å². The first kappa shape index (κ1) is 18.1. The molecule has 3 aromatic rings. The molecule has 1 aliphatic heterocycles. The molecule has 0 bridgehead atoms. The van der Waals surface area contributed by atoms with Gasteiger partial charge in [-0.15, -0.1) is 0 Å². The maximum absolute atomic E-state index is 12.7. The predicted octanol–water partition coefficient (Wildman–Crippen LogP) is 2.89. The highest BCUT2D eigenvalue weighted by Crippen LogP contribution is 2.25. The lowest BCUT2D eigenvalue weighted by Crippen LogP contribution is -2.36. The molecule has 1 aromatic heterocycles. The third-order valence-electron chi connectivity index (χ3n) is 4.67. The number of anilines is 2. The maximum atomic E-state index is 12.7. The molecule has 4 rings (SSSR count). The van der Waals surface area contributed by atoms with Crippen LogP contribution in [-0.4, -0.2) is 39.3 Å². The number of nitrogens with zero attached hydrogens (tertiary/aromatic N) is 1. The Labute approximate surface area is 161 Å². The molecule has 0 atom stereocenters. The van der Waals surface area contributed by atoms with Crippen molar-refractivity contribution in [3.63, 3.8) is 0 Å². The fraction of sp³-hybridized carbons (Fsp3) is 0.238. The minimum Gasteiger partial charge on any atom is -0.493 e. The number of carbonyl (C=O) groups excluding carboxylic acids is 1. The van der Waals surface area contributed by atoms with Gasteiger partial charge in [-0.25, -0.2) is 4.79 Å². The normalized spacial score (nSPS) is 14.1. The Morgan fingerprint density at radius 2 is 1.89 bits per heavy atom. The number of morpholine rings is 1. The number of hydrogen-bond acceptors (Lipinski definition) is 6. The molecule has 7 nitrogen and oxygen atoms in total. The highest BCUT2D eigenvalue weighted by atomic mass is 16.5. The summed E-state index contributed by atoms with van der Waals surface area (Å²) >= 11 is 0. The molecule has 7 heteroatoms. The average Bonchev–Trinajstić information content (AvgIpc) is 2.73. The molecule has 2 heterocycles. The average molecular weight is 380 g/mol. The van der Waals surface area contributed by atoms with Crippen LogP contribution in [0.15, 0.2) is 57.7 Å². The summed E-state index contributed by atoms with van der Waals surface area (Å²) < 4.78 is 15.9. The van der Waals surface area contributed by atoms with Crippen molar-refractivity contribution in [3.8, 4) is 5.75 Å². The second-order valence-corrected chi connectivity index (χ2v) is 6.43. The van der Waals surface area contributed by atoms with Gasteiger partial charge in [-0.05, 0) is 30.3 Å². The van der Waals surface area contributed by atoms with Crippen LogP contribution in [0.2, 0.25) is 0 Å². The molecule has 0 saturated carbocycles. The molecule has 1 saturated heterocycles. The zero-order valence-electron chi connectivity index (χ0n) is 15.4. The minimum atomic E-state index is -0.709. The molecule has 144 valence electrons. The van der Waals surface area contributed by atoms with Crippen LogP contribution >= 0.6 is 0 Å². The van der Waals surface area contributed by atoms with Crippen molar-refractivity contribution in [2.75, 3.05) is 43.6 Å². The van der Waals surface area contributed by atoms with E-state index in [-0.39, 0.29) is 5.56 Å². The molecule has 1 amide bonds. The first-order valence-corrected chi connectivity index (χ1v) is 9.01. The summed E-state index contributed by atoms with van der Waals surface area (Å²) in [6, 6.07) is 14.3. The van der Waals surface area contributed by atoms with Crippen LogP contribution in [0.25, 0.3) is 11.0 Å². The van der Waals surface area contributed by atoms with Crippen LogP contribution in [0.4, 0.5) is 11.4 Å². The third-order valence-corrected chi connectivity index (χ3v) is 4.67. The lowest BCUT2D eigenvalue weighted by Gasteiger charge is -2.29. The molecule has 0 aliphatic carbocycles. The van der Waals surface area contributed by atoms with Crippen molar-refractivity contribution in [2.24, 2.45) is 0 Å². The fourth-order valence-electron chi connectivity index (χ4n) is 3.24. The predicted molar refractivity (Wildman–Crippen MR) is 106 cm³/mol. The van der Waals surface area contributed by atoms with Crippen molar-refractivity contribution in [3.05, 3.63) is 64.5 Å². The first-order valence-electron chi connectivity index (χ1n) is 9.01. The van der Waals surface area contributed by atoms with E-state index in [9.17, 15) is 9.59 Å². The molecule has 2 aromatic carbocycles. The van der Waals surface area contributed by atoms with Gasteiger partial charge in [0, 0.05) is 29.9 Å². The monoisotopic (exact) mass is 380 g/mol. The van der Waals surface area contributed by atoms with Gasteiger partial charge in [0.25, 0.3) is 5.91 Å². The third kappa shape index (κ3) is 3.57. The summed E-state index contributed by atoms with van der Waals surface area (Å²) in [5.74, 6) is -0.0719. The van der Waals surface area contributed by atoms with Gasteiger partial charge in [0.2, 0.25) is 0 Å². The topological polar surface area (TPSA) is 81.0 Å². The van der Waals surface area contributed by atoms with Crippen LogP contribution in [0.5, 0.6) is 5.75 Å². The Balaban J connectivity index is 1.60. The Bertz CT molecular complexity index is 1070. The summed E-state index contributed by atoms with van der Waals surface area (Å²) in [5, 5.41) is 3.40. The number of carbonyl (C=O) groups is 1. The van der Waals surface area contributed by atoms with Gasteiger partial charge in [-0.3, -0.25) is 4.79 Å². The second kappa shape index (κ2) is 7.74. The van der Waals surface area contributed by atoms with Crippen molar-refractivity contribution in [1.82, 2.24) is 0 Å². The van der Waals surface area contributed by atoms with Crippen LogP contribution in [-0.2, 0) is 4.74 Å². The number of benzene rings is 2. The van der Waals surface area contributed by atoms with Crippen LogP contribution in [0.1, 0.15) is 10.4 Å². The van der Waals surface area contributed by atoms with E-state index in [1.807, 2.05) is 18.2 Å². The van der Waals surface area contributed by atoms with Gasteiger partial charge < -0.3 is 24.1 Å². The molecular weight excluding hydrogens is 360 g/mol. The smallest absolute Gasteiger partial charge is 0.349 e. The summed E-state index contributed by atoms with van der Waals surface area (Å²) in [4.78, 5) is 27.2. The minimum absolute atomic E-state index is 0.0578. The largest absolute Gasteiger partial charge is 0.493 e. The standard InChI is InChI=1S/C21H20N2O5/c1-26-18-7-2-4-14-12-17(21(25)28-19(14)18)20(24)22-15-5-3-6-16(13-15)23-8-10-27-11-9-23/h2-7,12-13H,8-11H2,1H3,(H,22,24). The zero-order valence-corrected chi connectivity index (χ0v) is 15.4. The first-order chi connectivity index (χ1) is 13.7. The molecular formula is C21H20N2O5. The van der Waals surface area contributed by atoms with Gasteiger partial charge in [0.1, 0.15) is 5.56 Å². The van der Waals surface area contributed by atoms with E-state index in [4.69, 9.17) is 13.9 Å². The Hall–Kier alpha value is -3.32. The van der Waals surface area contributed by atoms with Crippen molar-refractivity contribution >= 4 is 28.3 Å². The van der Waals surface area contributed by atoms with Crippen molar-refractivity contribution in [2.45, 2.75) is 0 Å². The molecule has 1 fully saturated rings. The molecule has 1 aliphatic rings. The Morgan fingerprint density at radius 3 is 2.68 bits per heavy atom. The van der Waals surface area contributed by atoms with Crippen molar-refractivity contribution < 1.29 is 18.7 Å². The highest BCUT2D eigenvalue weighted by Gasteiger charge is 2.17. The lowest BCUT2D eigenvalue weighted by molar-refractivity contribution is 0.102. The molecule has 0 spiro atoms. The molecule has 0 radical (unpaired) electrons.